The highest BCUT2D eigenvalue weighted by Gasteiger charge is 2.12. The van der Waals surface area contributed by atoms with Crippen molar-refractivity contribution in [3.05, 3.63) is 24.5 Å². The third-order valence-electron chi connectivity index (χ3n) is 2.88. The number of imidazole rings is 1. The molecule has 0 atom stereocenters. The minimum absolute atomic E-state index is 0.259. The molecule has 3 rings (SSSR count). The van der Waals surface area contributed by atoms with Gasteiger partial charge in [-0.05, 0) is 11.8 Å². The van der Waals surface area contributed by atoms with E-state index in [0.29, 0.717) is 5.65 Å². The summed E-state index contributed by atoms with van der Waals surface area (Å²) in [7, 11) is 1.85. The van der Waals surface area contributed by atoms with Crippen molar-refractivity contribution in [1.29, 1.82) is 0 Å². The van der Waals surface area contributed by atoms with Crippen LogP contribution in [0.15, 0.2) is 28.8 Å². The number of nitrogens with zero attached hydrogens (tertiary/aromatic N) is 5. The fourth-order valence-electron chi connectivity index (χ4n) is 1.80. The Labute approximate surface area is 126 Å². The van der Waals surface area contributed by atoms with Gasteiger partial charge in [0.25, 0.3) is 0 Å². The van der Waals surface area contributed by atoms with E-state index in [4.69, 9.17) is 0 Å². The van der Waals surface area contributed by atoms with E-state index in [2.05, 4.69) is 49.1 Å². The second-order valence-corrected chi connectivity index (χ2v) is 5.75. The fourth-order valence-corrected chi connectivity index (χ4v) is 2.66. The van der Waals surface area contributed by atoms with E-state index in [1.165, 1.54) is 18.1 Å². The van der Waals surface area contributed by atoms with Crippen molar-refractivity contribution >= 4 is 28.7 Å². The predicted molar refractivity (Wildman–Crippen MR) is 81.5 cm³/mol. The first kappa shape index (κ1) is 13.7. The van der Waals surface area contributed by atoms with E-state index in [-0.39, 0.29) is 5.92 Å². The Kier molecular flexibility index (Phi) is 3.70. The second-order valence-electron chi connectivity index (χ2n) is 4.74. The molecule has 0 spiro atoms. The average molecular weight is 301 g/mol. The van der Waals surface area contributed by atoms with Crippen LogP contribution in [0, 0.1) is 0 Å². The molecule has 3 heterocycles. The van der Waals surface area contributed by atoms with E-state index in [0.717, 1.165) is 27.2 Å². The molecule has 108 valence electrons. The van der Waals surface area contributed by atoms with Crippen LogP contribution in [-0.2, 0) is 0 Å². The summed E-state index contributed by atoms with van der Waals surface area (Å²) in [5.74, 6) is 1.86. The summed E-state index contributed by atoms with van der Waals surface area (Å²) in [6.45, 7) is 4.14. The van der Waals surface area contributed by atoms with E-state index in [9.17, 15) is 0 Å². The Balaban J connectivity index is 2.01. The molecule has 3 aromatic heterocycles. The van der Waals surface area contributed by atoms with Gasteiger partial charge in [0, 0.05) is 19.0 Å². The van der Waals surface area contributed by atoms with Gasteiger partial charge in [0.15, 0.2) is 5.65 Å². The Bertz CT molecular complexity index is 768. The maximum atomic E-state index is 4.58. The molecule has 0 amide bonds. The number of hydrogen-bond acceptors (Lipinski definition) is 7. The van der Waals surface area contributed by atoms with Crippen LogP contribution in [0.3, 0.4) is 0 Å². The monoisotopic (exact) mass is 301 g/mol. The summed E-state index contributed by atoms with van der Waals surface area (Å²) < 4.78 is 0. The number of fused-ring (bicyclic) bond motifs is 1. The van der Waals surface area contributed by atoms with Gasteiger partial charge in [0.2, 0.25) is 0 Å². The Hall–Kier alpha value is -2.22. The molecule has 2 N–H and O–H groups in total. The molecular weight excluding hydrogens is 286 g/mol. The van der Waals surface area contributed by atoms with Gasteiger partial charge < -0.3 is 10.3 Å². The van der Waals surface area contributed by atoms with Gasteiger partial charge in [-0.25, -0.2) is 24.9 Å². The average Bonchev–Trinajstić information content (AvgIpc) is 2.96. The SMILES string of the molecule is CNc1cc(Sc2ncnc3nc[nH]c23)nc(C(C)C)n1. The Morgan fingerprint density at radius 2 is 2.05 bits per heavy atom. The van der Waals surface area contributed by atoms with Gasteiger partial charge in [-0.3, -0.25) is 0 Å². The lowest BCUT2D eigenvalue weighted by molar-refractivity contribution is 0.755. The summed E-state index contributed by atoms with van der Waals surface area (Å²) in [6.07, 6.45) is 3.12. The number of nitrogens with one attached hydrogen (secondary N) is 2. The lowest BCUT2D eigenvalue weighted by Crippen LogP contribution is -2.03. The third kappa shape index (κ3) is 2.80. The van der Waals surface area contributed by atoms with Gasteiger partial charge in [-0.15, -0.1) is 0 Å². The largest absolute Gasteiger partial charge is 0.373 e. The molecule has 0 radical (unpaired) electrons. The predicted octanol–water partition coefficient (Wildman–Crippen LogP) is 2.46. The number of hydrogen-bond donors (Lipinski definition) is 2. The van der Waals surface area contributed by atoms with Crippen LogP contribution in [0.5, 0.6) is 0 Å². The molecule has 0 aromatic carbocycles. The van der Waals surface area contributed by atoms with Crippen LogP contribution in [0.2, 0.25) is 0 Å². The molecule has 0 saturated carbocycles. The highest BCUT2D eigenvalue weighted by molar-refractivity contribution is 7.99. The number of rotatable bonds is 4. The lowest BCUT2D eigenvalue weighted by Gasteiger charge is -2.09. The van der Waals surface area contributed by atoms with E-state index in [1.807, 2.05) is 13.1 Å². The zero-order chi connectivity index (χ0) is 14.8. The van der Waals surface area contributed by atoms with Gasteiger partial charge in [-0.1, -0.05) is 13.8 Å². The van der Waals surface area contributed by atoms with Crippen LogP contribution in [0.4, 0.5) is 5.82 Å². The fraction of sp³-hybridized carbons (Fsp3) is 0.308. The first-order valence-corrected chi connectivity index (χ1v) is 7.37. The standard InChI is InChI=1S/C13H15N7S/c1-7(2)11-19-8(14-3)4-9(20-11)21-13-10-12(16-5-15-10)17-6-18-13/h4-7H,1-3H3,(H,14,19,20)(H,15,16,17,18). The molecule has 0 saturated heterocycles. The van der Waals surface area contributed by atoms with Crippen LogP contribution >= 0.6 is 11.8 Å². The normalized spacial score (nSPS) is 11.2. The highest BCUT2D eigenvalue weighted by Crippen LogP contribution is 2.30. The Morgan fingerprint density at radius 1 is 1.19 bits per heavy atom. The molecule has 0 fully saturated rings. The zero-order valence-electron chi connectivity index (χ0n) is 12.0. The van der Waals surface area contributed by atoms with E-state index >= 15 is 0 Å². The van der Waals surface area contributed by atoms with Crippen molar-refractivity contribution in [3.8, 4) is 0 Å². The van der Waals surface area contributed by atoms with Crippen molar-refractivity contribution < 1.29 is 0 Å². The number of H-pyrrole nitrogens is 1. The smallest absolute Gasteiger partial charge is 0.181 e. The van der Waals surface area contributed by atoms with E-state index in [1.54, 1.807) is 6.33 Å². The summed E-state index contributed by atoms with van der Waals surface area (Å²) >= 11 is 1.47. The highest BCUT2D eigenvalue weighted by atomic mass is 32.2. The molecule has 0 aliphatic carbocycles. The van der Waals surface area contributed by atoms with Crippen molar-refractivity contribution in [3.63, 3.8) is 0 Å². The van der Waals surface area contributed by atoms with Crippen molar-refractivity contribution in [2.75, 3.05) is 12.4 Å². The maximum Gasteiger partial charge on any atom is 0.181 e. The van der Waals surface area contributed by atoms with E-state index < -0.39 is 0 Å². The van der Waals surface area contributed by atoms with Gasteiger partial charge >= 0.3 is 0 Å². The minimum Gasteiger partial charge on any atom is -0.373 e. The topological polar surface area (TPSA) is 92.3 Å². The van der Waals surface area contributed by atoms with Gasteiger partial charge in [0.05, 0.1) is 6.33 Å². The molecule has 0 aliphatic heterocycles. The molecule has 3 aromatic rings. The van der Waals surface area contributed by atoms with Crippen LogP contribution in [-0.4, -0.2) is 37.0 Å². The summed E-state index contributed by atoms with van der Waals surface area (Å²) in [5.41, 5.74) is 1.47. The quantitative estimate of drug-likeness (QED) is 0.715. The zero-order valence-corrected chi connectivity index (χ0v) is 12.8. The lowest BCUT2D eigenvalue weighted by atomic mass is 10.2. The summed E-state index contributed by atoms with van der Waals surface area (Å²) in [5, 5.41) is 4.70. The second kappa shape index (κ2) is 5.65. The van der Waals surface area contributed by atoms with Crippen LogP contribution in [0.1, 0.15) is 25.6 Å². The molecule has 0 bridgehead atoms. The summed E-state index contributed by atoms with van der Waals surface area (Å²) in [6, 6.07) is 1.90. The molecular formula is C13H15N7S. The third-order valence-corrected chi connectivity index (χ3v) is 3.80. The first-order valence-electron chi connectivity index (χ1n) is 6.56. The van der Waals surface area contributed by atoms with Gasteiger partial charge in [0.1, 0.15) is 33.5 Å². The van der Waals surface area contributed by atoms with Crippen molar-refractivity contribution in [2.24, 2.45) is 0 Å². The maximum absolute atomic E-state index is 4.58. The van der Waals surface area contributed by atoms with Crippen molar-refractivity contribution in [2.45, 2.75) is 29.8 Å². The molecule has 7 nitrogen and oxygen atoms in total. The molecule has 0 aliphatic rings. The van der Waals surface area contributed by atoms with Crippen molar-refractivity contribution in [1.82, 2.24) is 29.9 Å². The molecule has 21 heavy (non-hydrogen) atoms. The minimum atomic E-state index is 0.259. The first-order chi connectivity index (χ1) is 10.2. The summed E-state index contributed by atoms with van der Waals surface area (Å²) in [4.78, 5) is 24.7. The molecule has 8 heteroatoms. The molecule has 0 unspecified atom stereocenters. The van der Waals surface area contributed by atoms with Crippen LogP contribution < -0.4 is 5.32 Å². The Morgan fingerprint density at radius 3 is 2.81 bits per heavy atom. The van der Waals surface area contributed by atoms with Crippen LogP contribution in [0.25, 0.3) is 11.2 Å². The number of anilines is 1. The number of aromatic amines is 1. The van der Waals surface area contributed by atoms with Gasteiger partial charge in [-0.2, -0.15) is 0 Å². The number of aromatic nitrogens is 6.